The van der Waals surface area contributed by atoms with Crippen LogP contribution in [0.2, 0.25) is 0 Å². The van der Waals surface area contributed by atoms with Crippen LogP contribution in [-0.2, 0) is 15.6 Å². The van der Waals surface area contributed by atoms with Crippen LogP contribution in [0.25, 0.3) is 0 Å². The number of oxime groups is 1. The maximum Gasteiger partial charge on any atom is 0.257 e. The summed E-state index contributed by atoms with van der Waals surface area (Å²) >= 11 is 0. The number of nitrogens with one attached hydrogen (secondary N) is 1. The molecule has 0 saturated carbocycles. The second kappa shape index (κ2) is 8.16. The molecule has 1 aromatic rings. The lowest BCUT2D eigenvalue weighted by molar-refractivity contribution is -0.122. The summed E-state index contributed by atoms with van der Waals surface area (Å²) in [6.45, 7) is 0.124. The van der Waals surface area contributed by atoms with E-state index >= 15 is 0 Å². The summed E-state index contributed by atoms with van der Waals surface area (Å²) in [4.78, 5) is 11.5. The van der Waals surface area contributed by atoms with E-state index in [1.807, 2.05) is 0 Å². The first-order valence-electron chi connectivity index (χ1n) is 5.81. The van der Waals surface area contributed by atoms with Gasteiger partial charge in [0.05, 0.1) is 5.56 Å². The van der Waals surface area contributed by atoms with Crippen LogP contribution in [0.4, 0.5) is 0 Å². The molecule has 1 unspecified atom stereocenters. The molecule has 0 aliphatic heterocycles. The molecule has 110 valence electrons. The summed E-state index contributed by atoms with van der Waals surface area (Å²) < 4.78 is 16.2. The molecule has 0 saturated heterocycles. The van der Waals surface area contributed by atoms with Crippen molar-refractivity contribution in [2.45, 2.75) is 0 Å². The summed E-state index contributed by atoms with van der Waals surface area (Å²) in [7, 11) is -0.949. The van der Waals surface area contributed by atoms with Crippen molar-refractivity contribution in [3.63, 3.8) is 0 Å². The number of carbonyl (C=O) groups is 1. The Morgan fingerprint density at radius 3 is 2.85 bits per heavy atom. The van der Waals surface area contributed by atoms with Crippen LogP contribution >= 0.6 is 0 Å². The number of hydrogen-bond donors (Lipinski definition) is 3. The Labute approximate surface area is 119 Å². The second-order valence-corrected chi connectivity index (χ2v) is 5.45. The van der Waals surface area contributed by atoms with Gasteiger partial charge in [-0.3, -0.25) is 9.00 Å². The molecule has 8 heteroatoms. The molecular weight excluding hydrogens is 282 g/mol. The molecule has 20 heavy (non-hydrogen) atoms. The van der Waals surface area contributed by atoms with Gasteiger partial charge in [0.2, 0.25) is 0 Å². The Kier molecular flexibility index (Phi) is 6.51. The molecule has 0 spiro atoms. The van der Waals surface area contributed by atoms with Gasteiger partial charge in [-0.15, -0.1) is 0 Å². The van der Waals surface area contributed by atoms with E-state index in [1.54, 1.807) is 30.5 Å². The lowest BCUT2D eigenvalue weighted by atomic mass is 10.2. The van der Waals surface area contributed by atoms with Crippen LogP contribution in [-0.4, -0.2) is 46.3 Å². The molecule has 7 nitrogen and oxygen atoms in total. The summed E-state index contributed by atoms with van der Waals surface area (Å²) in [6.07, 6.45) is 1.57. The molecule has 0 aliphatic rings. The summed E-state index contributed by atoms with van der Waals surface area (Å²) in [6, 6.07) is 6.64. The van der Waals surface area contributed by atoms with Gasteiger partial charge in [0, 0.05) is 29.4 Å². The first-order valence-corrected chi connectivity index (χ1v) is 7.53. The first-order chi connectivity index (χ1) is 9.54. The topological polar surface area (TPSA) is 114 Å². The van der Waals surface area contributed by atoms with Crippen LogP contribution in [0.15, 0.2) is 29.4 Å². The van der Waals surface area contributed by atoms with Crippen molar-refractivity contribution in [1.29, 1.82) is 0 Å². The van der Waals surface area contributed by atoms with Gasteiger partial charge in [0.25, 0.3) is 5.91 Å². The number of hydrogen-bond acceptors (Lipinski definition) is 5. The molecule has 0 aliphatic carbocycles. The second-order valence-electron chi connectivity index (χ2n) is 3.90. The smallest absolute Gasteiger partial charge is 0.257 e. The van der Waals surface area contributed by atoms with Crippen molar-refractivity contribution in [3.8, 4) is 5.75 Å². The number of para-hydroxylation sites is 1. The lowest BCUT2D eigenvalue weighted by Gasteiger charge is -2.10. The molecule has 0 fully saturated rings. The summed E-state index contributed by atoms with van der Waals surface area (Å²) in [5, 5.41) is 14.1. The zero-order valence-electron chi connectivity index (χ0n) is 11.0. The van der Waals surface area contributed by atoms with Crippen molar-refractivity contribution in [3.05, 3.63) is 29.8 Å². The van der Waals surface area contributed by atoms with Gasteiger partial charge in [-0.1, -0.05) is 17.3 Å². The van der Waals surface area contributed by atoms with Gasteiger partial charge in [-0.25, -0.2) is 0 Å². The van der Waals surface area contributed by atoms with Crippen LogP contribution in [0.3, 0.4) is 0 Å². The van der Waals surface area contributed by atoms with Gasteiger partial charge in [0.15, 0.2) is 12.4 Å². The van der Waals surface area contributed by atoms with Crippen molar-refractivity contribution in [2.75, 3.05) is 25.2 Å². The van der Waals surface area contributed by atoms with Crippen LogP contribution in [0.1, 0.15) is 5.56 Å². The van der Waals surface area contributed by atoms with Crippen molar-refractivity contribution in [2.24, 2.45) is 10.9 Å². The fraction of sp³-hybridized carbons (Fsp3) is 0.333. The SMILES string of the molecule is CS(=O)CCNC(=O)COc1ccccc1/C(N)=N/O. The predicted octanol–water partition coefficient (Wildman–Crippen LogP) is -0.345. The lowest BCUT2D eigenvalue weighted by Crippen LogP contribution is -2.32. The highest BCUT2D eigenvalue weighted by Gasteiger charge is 2.09. The monoisotopic (exact) mass is 299 g/mol. The average Bonchev–Trinajstić information content (AvgIpc) is 2.44. The minimum absolute atomic E-state index is 0.0950. The number of nitrogens with two attached hydrogens (primary N) is 1. The van der Waals surface area contributed by atoms with Crippen LogP contribution in [0, 0.1) is 0 Å². The number of rotatable bonds is 7. The third-order valence-corrected chi connectivity index (χ3v) is 3.12. The van der Waals surface area contributed by atoms with Crippen molar-refractivity contribution >= 4 is 22.5 Å². The molecule has 0 radical (unpaired) electrons. The maximum absolute atomic E-state index is 11.5. The third kappa shape index (κ3) is 5.27. The molecule has 0 aromatic heterocycles. The standard InChI is InChI=1S/C12H17N3O4S/c1-20(18)7-6-14-11(16)8-19-10-5-3-2-4-9(10)12(13)15-17/h2-5,17H,6-8H2,1H3,(H2,13,15)(H,14,16). The Balaban J connectivity index is 2.53. The highest BCUT2D eigenvalue weighted by molar-refractivity contribution is 7.84. The third-order valence-electron chi connectivity index (χ3n) is 2.34. The number of ether oxygens (including phenoxy) is 1. The van der Waals surface area contributed by atoms with Crippen molar-refractivity contribution in [1.82, 2.24) is 5.32 Å². The predicted molar refractivity (Wildman–Crippen MR) is 76.4 cm³/mol. The number of carbonyl (C=O) groups excluding carboxylic acids is 1. The molecule has 1 rings (SSSR count). The van der Waals surface area contributed by atoms with Crippen molar-refractivity contribution < 1.29 is 18.9 Å². The number of amidine groups is 1. The summed E-state index contributed by atoms with van der Waals surface area (Å²) in [5.74, 6) is 0.316. The fourth-order valence-electron chi connectivity index (χ4n) is 1.39. The maximum atomic E-state index is 11.5. The highest BCUT2D eigenvalue weighted by Crippen LogP contribution is 2.17. The Hall–Kier alpha value is -2.09. The normalized spacial score (nSPS) is 12.8. The molecule has 1 aromatic carbocycles. The summed E-state index contributed by atoms with van der Waals surface area (Å²) in [5.41, 5.74) is 5.90. The molecule has 4 N–H and O–H groups in total. The molecule has 1 amide bonds. The fourth-order valence-corrected chi connectivity index (χ4v) is 1.78. The molecule has 1 atom stereocenters. The Morgan fingerprint density at radius 2 is 2.20 bits per heavy atom. The Morgan fingerprint density at radius 1 is 1.50 bits per heavy atom. The van der Waals surface area contributed by atoms with E-state index in [9.17, 15) is 9.00 Å². The van der Waals surface area contributed by atoms with E-state index in [2.05, 4.69) is 10.5 Å². The average molecular weight is 299 g/mol. The van der Waals surface area contributed by atoms with E-state index in [0.29, 0.717) is 23.6 Å². The van der Waals surface area contributed by atoms with Gasteiger partial charge in [0.1, 0.15) is 5.75 Å². The van der Waals surface area contributed by atoms with E-state index in [0.717, 1.165) is 0 Å². The number of nitrogens with zero attached hydrogens (tertiary/aromatic N) is 1. The van der Waals surface area contributed by atoms with E-state index in [4.69, 9.17) is 15.7 Å². The van der Waals surface area contributed by atoms with Gasteiger partial charge < -0.3 is 21.0 Å². The number of amides is 1. The van der Waals surface area contributed by atoms with E-state index < -0.39 is 10.8 Å². The molecule has 0 bridgehead atoms. The minimum atomic E-state index is -0.949. The minimum Gasteiger partial charge on any atom is -0.483 e. The largest absolute Gasteiger partial charge is 0.483 e. The van der Waals surface area contributed by atoms with Gasteiger partial charge >= 0.3 is 0 Å². The van der Waals surface area contributed by atoms with Crippen LogP contribution < -0.4 is 15.8 Å². The highest BCUT2D eigenvalue weighted by atomic mass is 32.2. The number of benzene rings is 1. The quantitative estimate of drug-likeness (QED) is 0.276. The molecular formula is C12H17N3O4S. The zero-order valence-corrected chi connectivity index (χ0v) is 11.9. The van der Waals surface area contributed by atoms with Crippen LogP contribution in [0.5, 0.6) is 5.75 Å². The zero-order chi connectivity index (χ0) is 15.0. The van der Waals surface area contributed by atoms with E-state index in [-0.39, 0.29) is 18.3 Å². The van der Waals surface area contributed by atoms with E-state index in [1.165, 1.54) is 0 Å². The molecule has 0 heterocycles. The first kappa shape index (κ1) is 16.0. The Bertz CT molecular complexity index is 519. The van der Waals surface area contributed by atoms with Gasteiger partial charge in [-0.05, 0) is 12.1 Å². The van der Waals surface area contributed by atoms with Gasteiger partial charge in [-0.2, -0.15) is 0 Å².